The van der Waals surface area contributed by atoms with Gasteiger partial charge in [0, 0.05) is 43.3 Å². The summed E-state index contributed by atoms with van der Waals surface area (Å²) in [7, 11) is 3.77. The van der Waals surface area contributed by atoms with Crippen LogP contribution in [0.2, 0.25) is 0 Å². The van der Waals surface area contributed by atoms with E-state index in [1.165, 1.54) is 0 Å². The zero-order valence-electron chi connectivity index (χ0n) is 18.4. The predicted octanol–water partition coefficient (Wildman–Crippen LogP) is 2.72. The Morgan fingerprint density at radius 3 is 2.64 bits per heavy atom. The van der Waals surface area contributed by atoms with E-state index >= 15 is 0 Å². The fourth-order valence-electron chi connectivity index (χ4n) is 4.24. The first-order valence-corrected chi connectivity index (χ1v) is 10.8. The van der Waals surface area contributed by atoms with Crippen molar-refractivity contribution >= 4 is 27.6 Å². The highest BCUT2D eigenvalue weighted by Crippen LogP contribution is 2.32. The Kier molecular flexibility index (Phi) is 4.65. The number of likely N-dealkylation sites (N-methyl/N-ethyl adjacent to an activating group) is 1. The minimum atomic E-state index is 0.683. The third-order valence-corrected chi connectivity index (χ3v) is 6.14. The fraction of sp³-hybridized carbons (Fsp3) is 0.261. The van der Waals surface area contributed by atoms with Gasteiger partial charge in [-0.15, -0.1) is 0 Å². The zero-order chi connectivity index (χ0) is 22.4. The van der Waals surface area contributed by atoms with Crippen molar-refractivity contribution in [3.8, 4) is 28.5 Å². The van der Waals surface area contributed by atoms with E-state index < -0.39 is 0 Å². The van der Waals surface area contributed by atoms with Crippen LogP contribution in [0.25, 0.3) is 44.7 Å². The lowest BCUT2D eigenvalue weighted by atomic mass is 10.1. The van der Waals surface area contributed by atoms with E-state index in [9.17, 15) is 0 Å². The lowest BCUT2D eigenvalue weighted by Gasteiger charge is -2.33. The van der Waals surface area contributed by atoms with Gasteiger partial charge in [0.25, 0.3) is 0 Å². The quantitative estimate of drug-likeness (QED) is 0.438. The van der Waals surface area contributed by atoms with Crippen molar-refractivity contribution in [3.63, 3.8) is 0 Å². The molecule has 33 heavy (non-hydrogen) atoms. The van der Waals surface area contributed by atoms with Crippen molar-refractivity contribution in [2.75, 3.05) is 45.2 Å². The fourth-order valence-corrected chi connectivity index (χ4v) is 4.24. The number of piperazine rings is 1. The first kappa shape index (κ1) is 19.6. The van der Waals surface area contributed by atoms with Gasteiger partial charge in [0.15, 0.2) is 5.82 Å². The highest BCUT2D eigenvalue weighted by molar-refractivity contribution is 5.96. The number of hydrogen-bond donors (Lipinski definition) is 2. The van der Waals surface area contributed by atoms with Gasteiger partial charge in [0.05, 0.1) is 54.3 Å². The Hall–Kier alpha value is -4.05. The number of aromatic nitrogens is 7. The zero-order valence-corrected chi connectivity index (χ0v) is 18.4. The molecule has 1 aliphatic rings. The molecule has 5 aromatic rings. The molecule has 6 heterocycles. The van der Waals surface area contributed by atoms with E-state index in [0.717, 1.165) is 70.8 Å². The second-order valence-corrected chi connectivity index (χ2v) is 8.23. The van der Waals surface area contributed by atoms with E-state index in [0.29, 0.717) is 11.6 Å². The van der Waals surface area contributed by atoms with Crippen molar-refractivity contribution in [1.29, 1.82) is 0 Å². The molecule has 166 valence electrons. The standard InChI is InChI=1S/C23H23N9O/c1-31-3-5-32(6-4-31)20-13-25-11-19-22(20)28-23(27-19)21-16-8-17(26-12-18(16)29-30-21)14-7-15(33-2)10-24-9-14/h7-13H,3-6H2,1-2H3,(H,27,28)(H,29,30). The predicted molar refractivity (Wildman–Crippen MR) is 126 cm³/mol. The van der Waals surface area contributed by atoms with E-state index in [-0.39, 0.29) is 0 Å². The Labute approximate surface area is 189 Å². The average Bonchev–Trinajstić information content (AvgIpc) is 3.48. The van der Waals surface area contributed by atoms with Crippen molar-refractivity contribution in [3.05, 3.63) is 43.1 Å². The molecule has 0 spiro atoms. The molecule has 10 heteroatoms. The number of nitrogens with zero attached hydrogens (tertiary/aromatic N) is 7. The SMILES string of the molecule is COc1cncc(-c2cc3c(-c4nc5c(N6CCN(C)CC6)cncc5[nH]4)n[nH]c3cn2)c1. The summed E-state index contributed by atoms with van der Waals surface area (Å²) in [6.07, 6.45) is 8.94. The van der Waals surface area contributed by atoms with Gasteiger partial charge in [-0.2, -0.15) is 5.10 Å². The minimum Gasteiger partial charge on any atom is -0.495 e. The molecular weight excluding hydrogens is 418 g/mol. The molecule has 1 fully saturated rings. The molecule has 5 aromatic heterocycles. The second-order valence-electron chi connectivity index (χ2n) is 8.23. The normalized spacial score (nSPS) is 14.9. The Bertz CT molecular complexity index is 1450. The van der Waals surface area contributed by atoms with Gasteiger partial charge in [-0.1, -0.05) is 0 Å². The molecule has 6 rings (SSSR count). The summed E-state index contributed by atoms with van der Waals surface area (Å²) in [5.41, 5.74) is 6.08. The maximum absolute atomic E-state index is 5.31. The molecule has 0 aliphatic carbocycles. The molecule has 0 radical (unpaired) electrons. The van der Waals surface area contributed by atoms with Crippen LogP contribution in [0.1, 0.15) is 0 Å². The van der Waals surface area contributed by atoms with Crippen molar-refractivity contribution in [2.24, 2.45) is 0 Å². The summed E-state index contributed by atoms with van der Waals surface area (Å²) in [5, 5.41) is 8.54. The van der Waals surface area contributed by atoms with Crippen LogP contribution in [0, 0.1) is 0 Å². The molecule has 1 aliphatic heterocycles. The van der Waals surface area contributed by atoms with E-state index in [2.05, 4.69) is 47.0 Å². The highest BCUT2D eigenvalue weighted by atomic mass is 16.5. The number of fused-ring (bicyclic) bond motifs is 2. The monoisotopic (exact) mass is 441 g/mol. The highest BCUT2D eigenvalue weighted by Gasteiger charge is 2.20. The van der Waals surface area contributed by atoms with Crippen LogP contribution >= 0.6 is 0 Å². The van der Waals surface area contributed by atoms with Crippen molar-refractivity contribution < 1.29 is 4.74 Å². The molecule has 0 bridgehead atoms. The third-order valence-electron chi connectivity index (χ3n) is 6.14. The van der Waals surface area contributed by atoms with Crippen LogP contribution < -0.4 is 9.64 Å². The molecule has 0 aromatic carbocycles. The number of H-pyrrole nitrogens is 2. The Morgan fingerprint density at radius 1 is 0.939 bits per heavy atom. The van der Waals surface area contributed by atoms with E-state index in [4.69, 9.17) is 9.72 Å². The summed E-state index contributed by atoms with van der Waals surface area (Å²) in [5.74, 6) is 1.38. The molecule has 0 atom stereocenters. The van der Waals surface area contributed by atoms with Crippen LogP contribution in [0.15, 0.2) is 43.1 Å². The van der Waals surface area contributed by atoms with Crippen LogP contribution in [-0.2, 0) is 0 Å². The Morgan fingerprint density at radius 2 is 1.79 bits per heavy atom. The van der Waals surface area contributed by atoms with Crippen LogP contribution in [0.5, 0.6) is 5.75 Å². The summed E-state index contributed by atoms with van der Waals surface area (Å²) in [6.45, 7) is 3.95. The van der Waals surface area contributed by atoms with Gasteiger partial charge in [-0.25, -0.2) is 4.98 Å². The van der Waals surface area contributed by atoms with Crippen LogP contribution in [-0.4, -0.2) is 80.4 Å². The van der Waals surface area contributed by atoms with Gasteiger partial charge < -0.3 is 19.5 Å². The summed E-state index contributed by atoms with van der Waals surface area (Å²) in [4.78, 5) is 26.3. The van der Waals surface area contributed by atoms with Gasteiger partial charge >= 0.3 is 0 Å². The number of anilines is 1. The van der Waals surface area contributed by atoms with Gasteiger partial charge in [-0.3, -0.25) is 20.1 Å². The lowest BCUT2D eigenvalue weighted by Crippen LogP contribution is -2.44. The Balaban J connectivity index is 1.43. The maximum Gasteiger partial charge on any atom is 0.159 e. The number of aromatic amines is 2. The number of hydrogen-bond acceptors (Lipinski definition) is 8. The molecule has 1 saturated heterocycles. The lowest BCUT2D eigenvalue weighted by molar-refractivity contribution is 0.313. The summed E-state index contributed by atoms with van der Waals surface area (Å²) >= 11 is 0. The molecule has 10 nitrogen and oxygen atoms in total. The van der Waals surface area contributed by atoms with Gasteiger partial charge in [0.1, 0.15) is 17.0 Å². The number of nitrogens with one attached hydrogen (secondary N) is 2. The number of pyridine rings is 3. The number of imidazole rings is 1. The molecule has 0 saturated carbocycles. The van der Waals surface area contributed by atoms with Gasteiger partial charge in [-0.05, 0) is 19.2 Å². The largest absolute Gasteiger partial charge is 0.495 e. The molecule has 0 unspecified atom stereocenters. The second kappa shape index (κ2) is 7.82. The topological polar surface area (TPSA) is 112 Å². The first-order valence-electron chi connectivity index (χ1n) is 10.8. The van der Waals surface area contributed by atoms with Crippen LogP contribution in [0.3, 0.4) is 0 Å². The maximum atomic E-state index is 5.31. The molecule has 0 amide bonds. The third kappa shape index (κ3) is 3.44. The van der Waals surface area contributed by atoms with Crippen LogP contribution in [0.4, 0.5) is 5.69 Å². The molecular formula is C23H23N9O. The smallest absolute Gasteiger partial charge is 0.159 e. The van der Waals surface area contributed by atoms with Gasteiger partial charge in [0.2, 0.25) is 0 Å². The number of rotatable bonds is 4. The summed E-state index contributed by atoms with van der Waals surface area (Å²) in [6, 6.07) is 3.91. The van der Waals surface area contributed by atoms with Crippen molar-refractivity contribution in [1.82, 2.24) is 40.0 Å². The van der Waals surface area contributed by atoms with E-state index in [1.807, 2.05) is 24.5 Å². The van der Waals surface area contributed by atoms with E-state index in [1.54, 1.807) is 25.7 Å². The number of ether oxygens (including phenoxy) is 1. The van der Waals surface area contributed by atoms with Crippen molar-refractivity contribution in [2.45, 2.75) is 0 Å². The molecule has 2 N–H and O–H groups in total. The minimum absolute atomic E-state index is 0.683. The first-order chi connectivity index (χ1) is 16.2. The summed E-state index contributed by atoms with van der Waals surface area (Å²) < 4.78 is 5.31. The average molecular weight is 441 g/mol. The number of methoxy groups -OCH3 is 1.